The summed E-state index contributed by atoms with van der Waals surface area (Å²) in [6, 6.07) is 11.9. The van der Waals surface area contributed by atoms with Crippen molar-refractivity contribution in [1.29, 1.82) is 0 Å². The van der Waals surface area contributed by atoms with Crippen molar-refractivity contribution >= 4 is 11.9 Å². The van der Waals surface area contributed by atoms with E-state index >= 15 is 0 Å². The lowest BCUT2D eigenvalue weighted by molar-refractivity contribution is 0.0964. The Hall–Kier alpha value is -2.76. The molecule has 0 aliphatic heterocycles. The molecule has 0 aromatic heterocycles. The summed E-state index contributed by atoms with van der Waals surface area (Å²) >= 11 is 0. The van der Waals surface area contributed by atoms with Gasteiger partial charge in [-0.15, -0.1) is 0 Å². The van der Waals surface area contributed by atoms with Crippen molar-refractivity contribution in [3.05, 3.63) is 71.3 Å². The van der Waals surface area contributed by atoms with Crippen molar-refractivity contribution in [2.24, 2.45) is 0 Å². The molecule has 27 heavy (non-hydrogen) atoms. The topological polar surface area (TPSA) is 55.4 Å². The maximum atomic E-state index is 13.8. The number of Topliss-reactive ketones (excluding diaryl/α,β-unsaturated/α-hetero) is 1. The smallest absolute Gasteiger partial charge is 0.407 e. The molecule has 6 heteroatoms. The van der Waals surface area contributed by atoms with Crippen molar-refractivity contribution in [3.8, 4) is 0 Å². The summed E-state index contributed by atoms with van der Waals surface area (Å²) in [7, 11) is 0. The summed E-state index contributed by atoms with van der Waals surface area (Å²) in [5.41, 5.74) is 0.238. The summed E-state index contributed by atoms with van der Waals surface area (Å²) in [4.78, 5) is 24.3. The summed E-state index contributed by atoms with van der Waals surface area (Å²) in [6.07, 6.45) is 1.15. The molecule has 0 aliphatic carbocycles. The van der Waals surface area contributed by atoms with Gasteiger partial charge in [0.05, 0.1) is 18.2 Å². The zero-order chi connectivity index (χ0) is 19.6. The zero-order valence-electron chi connectivity index (χ0n) is 15.2. The molecule has 0 heterocycles. The fourth-order valence-corrected chi connectivity index (χ4v) is 2.67. The fraction of sp³-hybridized carbons (Fsp3) is 0.333. The highest BCUT2D eigenvalue weighted by molar-refractivity contribution is 5.96. The highest BCUT2D eigenvalue weighted by Gasteiger charge is 2.21. The molecule has 2 aromatic rings. The second-order valence-corrected chi connectivity index (χ2v) is 6.16. The molecule has 0 saturated carbocycles. The number of nitrogens with one attached hydrogen (secondary N) is 1. The molecule has 0 bridgehead atoms. The molecule has 0 saturated heterocycles. The standard InChI is InChI=1S/C21H23F2NO3/c1-2-3-14-27-21(26)24-18(15-8-5-4-6-9-15)12-13-19(25)20-16(22)10-7-11-17(20)23/h4-11,18H,2-3,12-14H2,1H3,(H,24,26). The van der Waals surface area contributed by atoms with Crippen LogP contribution < -0.4 is 5.32 Å². The van der Waals surface area contributed by atoms with Crippen LogP contribution in [0.2, 0.25) is 0 Å². The third-order valence-corrected chi connectivity index (χ3v) is 4.13. The van der Waals surface area contributed by atoms with E-state index in [-0.39, 0.29) is 12.8 Å². The van der Waals surface area contributed by atoms with E-state index in [1.54, 1.807) is 0 Å². The van der Waals surface area contributed by atoms with Crippen molar-refractivity contribution in [1.82, 2.24) is 5.32 Å². The number of benzene rings is 2. The molecule has 144 valence electrons. The SMILES string of the molecule is CCCCOC(=O)NC(CCC(=O)c1c(F)cccc1F)c1ccccc1. The first-order valence-corrected chi connectivity index (χ1v) is 8.98. The monoisotopic (exact) mass is 375 g/mol. The van der Waals surface area contributed by atoms with Crippen molar-refractivity contribution in [2.45, 2.75) is 38.6 Å². The van der Waals surface area contributed by atoms with Crippen LogP contribution in [0.25, 0.3) is 0 Å². The molecule has 0 radical (unpaired) electrons. The number of hydrogen-bond acceptors (Lipinski definition) is 3. The molecule has 0 spiro atoms. The van der Waals surface area contributed by atoms with Gasteiger partial charge in [-0.3, -0.25) is 4.79 Å². The van der Waals surface area contributed by atoms with E-state index in [9.17, 15) is 18.4 Å². The van der Waals surface area contributed by atoms with E-state index < -0.39 is 35.1 Å². The lowest BCUT2D eigenvalue weighted by Gasteiger charge is -2.19. The molecule has 0 fully saturated rings. The van der Waals surface area contributed by atoms with Crippen LogP contribution in [0.3, 0.4) is 0 Å². The Morgan fingerprint density at radius 3 is 2.33 bits per heavy atom. The van der Waals surface area contributed by atoms with Crippen molar-refractivity contribution < 1.29 is 23.1 Å². The van der Waals surface area contributed by atoms with Crippen LogP contribution in [0.1, 0.15) is 54.6 Å². The van der Waals surface area contributed by atoms with E-state index in [2.05, 4.69) is 5.32 Å². The average molecular weight is 375 g/mol. The van der Waals surface area contributed by atoms with Gasteiger partial charge in [0.1, 0.15) is 11.6 Å². The maximum Gasteiger partial charge on any atom is 0.407 e. The van der Waals surface area contributed by atoms with Gasteiger partial charge in [-0.2, -0.15) is 0 Å². The van der Waals surface area contributed by atoms with Crippen LogP contribution >= 0.6 is 0 Å². The van der Waals surface area contributed by atoms with Crippen LogP contribution in [-0.4, -0.2) is 18.5 Å². The summed E-state index contributed by atoms with van der Waals surface area (Å²) in [5.74, 6) is -2.42. The minimum Gasteiger partial charge on any atom is -0.450 e. The van der Waals surface area contributed by atoms with Crippen LogP contribution in [0.15, 0.2) is 48.5 Å². The zero-order valence-corrected chi connectivity index (χ0v) is 15.2. The molecule has 4 nitrogen and oxygen atoms in total. The molecular formula is C21H23F2NO3. The number of ether oxygens (including phenoxy) is 1. The largest absolute Gasteiger partial charge is 0.450 e. The minimum atomic E-state index is -0.886. The predicted molar refractivity (Wildman–Crippen MR) is 98.5 cm³/mol. The van der Waals surface area contributed by atoms with Crippen LogP contribution in [0, 0.1) is 11.6 Å². The second-order valence-electron chi connectivity index (χ2n) is 6.16. The van der Waals surface area contributed by atoms with Crippen LogP contribution in [0.4, 0.5) is 13.6 Å². The Morgan fingerprint density at radius 2 is 1.70 bits per heavy atom. The maximum absolute atomic E-state index is 13.8. The Morgan fingerprint density at radius 1 is 1.04 bits per heavy atom. The van der Waals surface area contributed by atoms with E-state index in [1.807, 2.05) is 37.3 Å². The Kier molecular flexibility index (Phi) is 7.92. The number of alkyl carbamates (subject to hydrolysis) is 1. The number of halogens is 2. The Bertz CT molecular complexity index is 745. The third kappa shape index (κ3) is 6.16. The molecule has 0 aliphatic rings. The summed E-state index contributed by atoms with van der Waals surface area (Å²) in [6.45, 7) is 2.30. The first-order valence-electron chi connectivity index (χ1n) is 8.98. The Balaban J connectivity index is 2.06. The number of carbonyl (C=O) groups is 2. The van der Waals surface area contributed by atoms with Gasteiger partial charge in [-0.05, 0) is 30.5 Å². The normalized spacial score (nSPS) is 11.7. The van der Waals surface area contributed by atoms with Gasteiger partial charge >= 0.3 is 6.09 Å². The van der Waals surface area contributed by atoms with Gasteiger partial charge in [-0.1, -0.05) is 49.7 Å². The predicted octanol–water partition coefficient (Wildman–Crippen LogP) is 5.20. The van der Waals surface area contributed by atoms with E-state index in [0.717, 1.165) is 30.5 Å². The number of carbonyl (C=O) groups excluding carboxylic acids is 2. The minimum absolute atomic E-state index is 0.118. The van der Waals surface area contributed by atoms with Gasteiger partial charge in [0.15, 0.2) is 5.78 Å². The van der Waals surface area contributed by atoms with Crippen LogP contribution in [0.5, 0.6) is 0 Å². The molecule has 1 N–H and O–H groups in total. The van der Waals surface area contributed by atoms with Crippen molar-refractivity contribution in [2.75, 3.05) is 6.61 Å². The number of hydrogen-bond donors (Lipinski definition) is 1. The summed E-state index contributed by atoms with van der Waals surface area (Å²) < 4.78 is 32.7. The molecule has 1 unspecified atom stereocenters. The average Bonchev–Trinajstić information content (AvgIpc) is 2.66. The number of ketones is 1. The lowest BCUT2D eigenvalue weighted by Crippen LogP contribution is -2.30. The van der Waals surface area contributed by atoms with Gasteiger partial charge < -0.3 is 10.1 Å². The van der Waals surface area contributed by atoms with Gasteiger partial charge in [-0.25, -0.2) is 13.6 Å². The molecule has 1 amide bonds. The van der Waals surface area contributed by atoms with Gasteiger partial charge in [0, 0.05) is 6.42 Å². The molecule has 2 rings (SSSR count). The third-order valence-electron chi connectivity index (χ3n) is 4.13. The first-order chi connectivity index (χ1) is 13.0. The summed E-state index contributed by atoms with van der Waals surface area (Å²) in [5, 5.41) is 2.73. The van der Waals surface area contributed by atoms with Crippen molar-refractivity contribution in [3.63, 3.8) is 0 Å². The Labute approximate surface area is 157 Å². The first kappa shape index (κ1) is 20.6. The number of amides is 1. The lowest BCUT2D eigenvalue weighted by atomic mass is 9.98. The van der Waals surface area contributed by atoms with Gasteiger partial charge in [0.25, 0.3) is 0 Å². The molecule has 1 atom stereocenters. The number of unbranched alkanes of at least 4 members (excludes halogenated alkanes) is 1. The highest BCUT2D eigenvalue weighted by Crippen LogP contribution is 2.22. The van der Waals surface area contributed by atoms with Gasteiger partial charge in [0.2, 0.25) is 0 Å². The van der Waals surface area contributed by atoms with E-state index in [0.29, 0.717) is 6.61 Å². The second kappa shape index (κ2) is 10.4. The van der Waals surface area contributed by atoms with Crippen LogP contribution in [-0.2, 0) is 4.74 Å². The quantitative estimate of drug-likeness (QED) is 0.484. The van der Waals surface area contributed by atoms with E-state index in [1.165, 1.54) is 6.07 Å². The molecule has 2 aromatic carbocycles. The fourth-order valence-electron chi connectivity index (χ4n) is 2.67. The van der Waals surface area contributed by atoms with E-state index in [4.69, 9.17) is 4.74 Å². The molecular weight excluding hydrogens is 352 g/mol. The highest BCUT2D eigenvalue weighted by atomic mass is 19.1. The number of rotatable bonds is 9.